The Hall–Kier alpha value is -3.71. The first-order valence-corrected chi connectivity index (χ1v) is 9.91. The average molecular weight is 419 g/mol. The second-order valence-corrected chi connectivity index (χ2v) is 7.20. The number of para-hydroxylation sites is 1. The fourth-order valence-corrected chi connectivity index (χ4v) is 3.55. The van der Waals surface area contributed by atoms with E-state index in [1.807, 2.05) is 60.7 Å². The summed E-state index contributed by atoms with van der Waals surface area (Å²) in [6, 6.07) is 22.5. The Morgan fingerprint density at radius 2 is 1.77 bits per heavy atom. The summed E-state index contributed by atoms with van der Waals surface area (Å²) in [6.07, 6.45) is -1.74. The van der Waals surface area contributed by atoms with Gasteiger partial charge in [-0.15, -0.1) is 0 Å². The summed E-state index contributed by atoms with van der Waals surface area (Å²) in [5.41, 5.74) is 2.83. The molecule has 6 nitrogen and oxygen atoms in total. The van der Waals surface area contributed by atoms with E-state index in [0.717, 1.165) is 11.3 Å². The quantitative estimate of drug-likeness (QED) is 0.438. The van der Waals surface area contributed by atoms with Gasteiger partial charge in [-0.25, -0.2) is 14.2 Å². The van der Waals surface area contributed by atoms with E-state index in [-0.39, 0.29) is 0 Å². The number of nitrogens with zero attached hydrogens (tertiary/aromatic N) is 2. The van der Waals surface area contributed by atoms with Crippen LogP contribution in [0.15, 0.2) is 78.9 Å². The smallest absolute Gasteiger partial charge is 0.405 e. The third-order valence-corrected chi connectivity index (χ3v) is 5.04. The van der Waals surface area contributed by atoms with Gasteiger partial charge in [0.2, 0.25) is 0 Å². The fraction of sp³-hybridized carbons (Fsp3) is 0.167. The van der Waals surface area contributed by atoms with Crippen molar-refractivity contribution in [2.75, 3.05) is 0 Å². The molecule has 0 aliphatic rings. The zero-order chi connectivity index (χ0) is 21.8. The molecule has 7 heteroatoms. The number of hydrogen-bond acceptors (Lipinski definition) is 3. The Kier molecular flexibility index (Phi) is 5.95. The van der Waals surface area contributed by atoms with Crippen LogP contribution in [0.1, 0.15) is 24.4 Å². The molecule has 0 bridgehead atoms. The van der Waals surface area contributed by atoms with E-state index in [0.29, 0.717) is 23.5 Å². The Bertz CT molecular complexity index is 1180. The molecule has 4 rings (SSSR count). The SMILES string of the molecule is C[C@@H](OCc1ccccc1)[C@H](NC(=O)O)c1nc2ccc(F)cc2n1-c1ccccc1. The van der Waals surface area contributed by atoms with Crippen LogP contribution in [0.5, 0.6) is 0 Å². The number of fused-ring (bicyclic) bond motifs is 1. The lowest BCUT2D eigenvalue weighted by Gasteiger charge is -2.25. The number of imidazole rings is 1. The minimum Gasteiger partial charge on any atom is -0.465 e. The lowest BCUT2D eigenvalue weighted by molar-refractivity contribution is 0.0247. The van der Waals surface area contributed by atoms with Gasteiger partial charge < -0.3 is 15.2 Å². The van der Waals surface area contributed by atoms with Gasteiger partial charge in [0, 0.05) is 11.8 Å². The number of amides is 1. The molecule has 4 aromatic rings. The highest BCUT2D eigenvalue weighted by molar-refractivity contribution is 5.79. The summed E-state index contributed by atoms with van der Waals surface area (Å²) in [4.78, 5) is 16.3. The number of nitrogens with one attached hydrogen (secondary N) is 1. The van der Waals surface area contributed by atoms with E-state index in [4.69, 9.17) is 4.74 Å². The minimum atomic E-state index is -1.20. The van der Waals surface area contributed by atoms with Crippen molar-refractivity contribution in [1.29, 1.82) is 0 Å². The summed E-state index contributed by atoms with van der Waals surface area (Å²) in [5.74, 6) is 0.0296. The molecule has 0 saturated carbocycles. The first kappa shape index (κ1) is 20.6. The monoisotopic (exact) mass is 419 g/mol. The van der Waals surface area contributed by atoms with Gasteiger partial charge in [0.1, 0.15) is 17.7 Å². The molecule has 0 saturated heterocycles. The van der Waals surface area contributed by atoms with Crippen LogP contribution in [-0.4, -0.2) is 26.9 Å². The molecule has 0 unspecified atom stereocenters. The van der Waals surface area contributed by atoms with E-state index in [1.165, 1.54) is 12.1 Å². The van der Waals surface area contributed by atoms with Crippen LogP contribution in [0.4, 0.5) is 9.18 Å². The average Bonchev–Trinajstić information content (AvgIpc) is 3.15. The molecule has 0 fully saturated rings. The largest absolute Gasteiger partial charge is 0.465 e. The van der Waals surface area contributed by atoms with Crippen molar-refractivity contribution in [1.82, 2.24) is 14.9 Å². The molecule has 2 N–H and O–H groups in total. The third-order valence-electron chi connectivity index (χ3n) is 5.04. The predicted molar refractivity (Wildman–Crippen MR) is 116 cm³/mol. The Labute approximate surface area is 178 Å². The van der Waals surface area contributed by atoms with Crippen molar-refractivity contribution >= 4 is 17.1 Å². The van der Waals surface area contributed by atoms with Crippen molar-refractivity contribution < 1.29 is 19.0 Å². The number of carbonyl (C=O) groups is 1. The van der Waals surface area contributed by atoms with Gasteiger partial charge in [-0.2, -0.15) is 0 Å². The first-order chi connectivity index (χ1) is 15.0. The summed E-state index contributed by atoms with van der Waals surface area (Å²) in [5, 5.41) is 12.0. The number of carboxylic acid groups (broad SMARTS) is 1. The third kappa shape index (κ3) is 4.57. The van der Waals surface area contributed by atoms with Gasteiger partial charge >= 0.3 is 6.09 Å². The van der Waals surface area contributed by atoms with E-state index in [1.54, 1.807) is 17.6 Å². The van der Waals surface area contributed by atoms with Crippen molar-refractivity contribution in [2.24, 2.45) is 0 Å². The second-order valence-electron chi connectivity index (χ2n) is 7.20. The molecule has 158 valence electrons. The molecule has 0 spiro atoms. The highest BCUT2D eigenvalue weighted by Crippen LogP contribution is 2.29. The van der Waals surface area contributed by atoms with Crippen LogP contribution in [-0.2, 0) is 11.3 Å². The van der Waals surface area contributed by atoms with Crippen LogP contribution < -0.4 is 5.32 Å². The van der Waals surface area contributed by atoms with Crippen LogP contribution >= 0.6 is 0 Å². The molecule has 1 heterocycles. The predicted octanol–water partition coefficient (Wildman–Crippen LogP) is 5.08. The van der Waals surface area contributed by atoms with Gasteiger partial charge in [0.15, 0.2) is 0 Å². The molecule has 1 aromatic heterocycles. The Balaban J connectivity index is 1.77. The van der Waals surface area contributed by atoms with E-state index in [9.17, 15) is 14.3 Å². The van der Waals surface area contributed by atoms with Crippen molar-refractivity contribution in [3.8, 4) is 5.69 Å². The number of halogens is 1. The molecule has 1 amide bonds. The normalized spacial score (nSPS) is 13.1. The van der Waals surface area contributed by atoms with E-state index < -0.39 is 24.1 Å². The molecular weight excluding hydrogens is 397 g/mol. The highest BCUT2D eigenvalue weighted by Gasteiger charge is 2.29. The topological polar surface area (TPSA) is 76.4 Å². The summed E-state index contributed by atoms with van der Waals surface area (Å²) in [6.45, 7) is 2.11. The molecule has 0 aliphatic heterocycles. The molecule has 31 heavy (non-hydrogen) atoms. The van der Waals surface area contributed by atoms with E-state index >= 15 is 0 Å². The maximum absolute atomic E-state index is 14.0. The van der Waals surface area contributed by atoms with Crippen molar-refractivity contribution in [3.63, 3.8) is 0 Å². The summed E-state index contributed by atoms with van der Waals surface area (Å²) >= 11 is 0. The first-order valence-electron chi connectivity index (χ1n) is 9.91. The molecule has 0 radical (unpaired) electrons. The van der Waals surface area contributed by atoms with Crippen molar-refractivity contribution in [3.05, 3.63) is 96.1 Å². The lowest BCUT2D eigenvalue weighted by Crippen LogP contribution is -2.37. The molecule has 2 atom stereocenters. The molecule has 0 aliphatic carbocycles. The van der Waals surface area contributed by atoms with E-state index in [2.05, 4.69) is 10.3 Å². The van der Waals surface area contributed by atoms with Crippen LogP contribution in [0.2, 0.25) is 0 Å². The standard InChI is InChI=1S/C24H22FN3O3/c1-16(31-15-17-8-4-2-5-9-17)22(27-24(29)30)23-26-20-13-12-18(25)14-21(20)28(23)19-10-6-3-7-11-19/h2-14,16,22,27H,15H2,1H3,(H,29,30)/t16-,22+/m1/s1. The zero-order valence-corrected chi connectivity index (χ0v) is 16.9. The lowest BCUT2D eigenvalue weighted by atomic mass is 10.1. The minimum absolute atomic E-state index is 0.319. The second kappa shape index (κ2) is 8.97. The summed E-state index contributed by atoms with van der Waals surface area (Å²) < 4.78 is 21.8. The fourth-order valence-electron chi connectivity index (χ4n) is 3.55. The Morgan fingerprint density at radius 3 is 2.45 bits per heavy atom. The molecule has 3 aromatic carbocycles. The van der Waals surface area contributed by atoms with Crippen LogP contribution in [0, 0.1) is 5.82 Å². The number of benzene rings is 3. The van der Waals surface area contributed by atoms with Gasteiger partial charge in [-0.3, -0.25) is 4.57 Å². The zero-order valence-electron chi connectivity index (χ0n) is 16.9. The number of rotatable bonds is 7. The highest BCUT2D eigenvalue weighted by atomic mass is 19.1. The van der Waals surface area contributed by atoms with Gasteiger partial charge in [-0.05, 0) is 36.8 Å². The number of aromatic nitrogens is 2. The maximum atomic E-state index is 14.0. The number of hydrogen-bond donors (Lipinski definition) is 2. The summed E-state index contributed by atoms with van der Waals surface area (Å²) in [7, 11) is 0. The van der Waals surface area contributed by atoms with Gasteiger partial charge in [-0.1, -0.05) is 48.5 Å². The van der Waals surface area contributed by atoms with Crippen LogP contribution in [0.3, 0.4) is 0 Å². The molecular formula is C24H22FN3O3. The Morgan fingerprint density at radius 1 is 1.10 bits per heavy atom. The van der Waals surface area contributed by atoms with Crippen molar-refractivity contribution in [2.45, 2.75) is 25.7 Å². The maximum Gasteiger partial charge on any atom is 0.405 e. The number of ether oxygens (including phenoxy) is 1. The van der Waals surface area contributed by atoms with Gasteiger partial charge in [0.05, 0.1) is 23.7 Å². The van der Waals surface area contributed by atoms with Crippen LogP contribution in [0.25, 0.3) is 16.7 Å². The van der Waals surface area contributed by atoms with Gasteiger partial charge in [0.25, 0.3) is 0 Å².